The maximum absolute atomic E-state index is 2.40. The molecule has 0 spiro atoms. The molecule has 0 unspecified atom stereocenters. The van der Waals surface area contributed by atoms with Gasteiger partial charge in [-0.2, -0.15) is 0 Å². The van der Waals surface area contributed by atoms with Crippen molar-refractivity contribution in [2.75, 3.05) is 0 Å². The van der Waals surface area contributed by atoms with Crippen molar-refractivity contribution in [2.45, 2.75) is 141 Å². The summed E-state index contributed by atoms with van der Waals surface area (Å²) >= 11 is 0. The summed E-state index contributed by atoms with van der Waals surface area (Å²) in [5.41, 5.74) is 12.4. The highest BCUT2D eigenvalue weighted by molar-refractivity contribution is 5.15. The fourth-order valence-corrected chi connectivity index (χ4v) is 5.41. The molecule has 0 radical (unpaired) electrons. The molecule has 0 aliphatic rings. The molecule has 42 heavy (non-hydrogen) atoms. The van der Waals surface area contributed by atoms with Gasteiger partial charge in [0.2, 0.25) is 0 Å². The lowest BCUT2D eigenvalue weighted by molar-refractivity contribution is -0.709. The highest BCUT2D eigenvalue weighted by Crippen LogP contribution is 2.04. The lowest BCUT2D eigenvalue weighted by atomic mass is 10.2. The SMILES string of the molecule is CCCC[n+]1c(C)cc(C)cc1C.CCCC[n+]1c(C)cc(C)cc1C.CCCC[n+]1c(C)cc(C)cc1C.[I-].[I-].[I-]. The zero-order valence-electron chi connectivity index (χ0n) is 28.8. The van der Waals surface area contributed by atoms with Gasteiger partial charge in [-0.1, -0.05) is 40.0 Å². The summed E-state index contributed by atoms with van der Waals surface area (Å²) < 4.78 is 7.20. The number of rotatable bonds is 9. The lowest BCUT2D eigenvalue weighted by Gasteiger charge is -2.04. The molecule has 0 aliphatic heterocycles. The van der Waals surface area contributed by atoms with E-state index in [1.54, 1.807) is 0 Å². The predicted octanol–water partition coefficient (Wildman–Crippen LogP) is -0.890. The average Bonchev–Trinajstić information content (AvgIpc) is 2.83. The zero-order valence-corrected chi connectivity index (χ0v) is 35.3. The standard InChI is InChI=1S/3C12H20N.3HI/c3*1-5-6-7-13-11(3)8-10(2)9-12(13)4;;;/h3*8-9H,5-7H2,1-4H3;3*1H/q3*+1;;;/p-3. The molecule has 0 saturated carbocycles. The Bertz CT molecular complexity index is 960. The van der Waals surface area contributed by atoms with Crippen LogP contribution in [0, 0.1) is 62.3 Å². The minimum Gasteiger partial charge on any atom is -1.00 e. The first kappa shape index (κ1) is 46.1. The zero-order chi connectivity index (χ0) is 29.5. The first-order chi connectivity index (χ1) is 18.4. The number of hydrogen-bond acceptors (Lipinski definition) is 0. The molecule has 0 bridgehead atoms. The van der Waals surface area contributed by atoms with Crippen molar-refractivity contribution in [3.8, 4) is 0 Å². The topological polar surface area (TPSA) is 11.6 Å². The Hall–Kier alpha value is -0.360. The van der Waals surface area contributed by atoms with Gasteiger partial charge in [0, 0.05) is 97.2 Å². The molecule has 3 aromatic rings. The van der Waals surface area contributed by atoms with E-state index in [2.05, 4.69) is 133 Å². The number of halogens is 3. The Morgan fingerprint density at radius 1 is 0.357 bits per heavy atom. The lowest BCUT2D eigenvalue weighted by Crippen LogP contribution is -3.00. The summed E-state index contributed by atoms with van der Waals surface area (Å²) in [6, 6.07) is 13.5. The van der Waals surface area contributed by atoms with Crippen LogP contribution in [0.5, 0.6) is 0 Å². The molecule has 3 heterocycles. The van der Waals surface area contributed by atoms with Crippen molar-refractivity contribution in [2.24, 2.45) is 0 Å². The van der Waals surface area contributed by atoms with Crippen molar-refractivity contribution < 1.29 is 85.6 Å². The molecule has 0 aromatic carbocycles. The molecule has 0 N–H and O–H groups in total. The Kier molecular flexibility index (Phi) is 27.3. The van der Waals surface area contributed by atoms with Crippen molar-refractivity contribution in [1.29, 1.82) is 0 Å². The van der Waals surface area contributed by atoms with Crippen LogP contribution in [0.25, 0.3) is 0 Å². The molecule has 0 saturated heterocycles. The number of aromatic nitrogens is 3. The normalized spacial score (nSPS) is 9.71. The van der Waals surface area contributed by atoms with Gasteiger partial charge >= 0.3 is 0 Å². The van der Waals surface area contributed by atoms with Crippen LogP contribution in [-0.4, -0.2) is 0 Å². The van der Waals surface area contributed by atoms with E-state index in [4.69, 9.17) is 0 Å². The molecular formula is C36H60I3N3. The van der Waals surface area contributed by atoms with Gasteiger partial charge in [-0.05, 0) is 37.5 Å². The van der Waals surface area contributed by atoms with Crippen molar-refractivity contribution in [1.82, 2.24) is 0 Å². The van der Waals surface area contributed by atoms with E-state index in [-0.39, 0.29) is 71.9 Å². The number of hydrogen-bond donors (Lipinski definition) is 0. The molecule has 0 fully saturated rings. The minimum atomic E-state index is 0. The maximum Gasteiger partial charge on any atom is 0.178 e. The molecule has 3 aromatic heterocycles. The second kappa shape index (κ2) is 24.9. The van der Waals surface area contributed by atoms with Crippen LogP contribution in [-0.2, 0) is 19.6 Å². The molecule has 3 rings (SSSR count). The quantitative estimate of drug-likeness (QED) is 0.196. The predicted molar refractivity (Wildman–Crippen MR) is 167 cm³/mol. The van der Waals surface area contributed by atoms with E-state index >= 15 is 0 Å². The van der Waals surface area contributed by atoms with Crippen LogP contribution in [0.15, 0.2) is 36.4 Å². The van der Waals surface area contributed by atoms with Gasteiger partial charge in [0.05, 0.1) is 0 Å². The van der Waals surface area contributed by atoms with Gasteiger partial charge in [0.25, 0.3) is 0 Å². The molecular weight excluding hydrogens is 855 g/mol. The van der Waals surface area contributed by atoms with Gasteiger partial charge in [-0.3, -0.25) is 0 Å². The summed E-state index contributed by atoms with van der Waals surface area (Å²) in [5, 5.41) is 0. The van der Waals surface area contributed by atoms with E-state index in [0.717, 1.165) is 19.6 Å². The van der Waals surface area contributed by atoms with Gasteiger partial charge in [0.1, 0.15) is 19.6 Å². The first-order valence-corrected chi connectivity index (χ1v) is 15.4. The van der Waals surface area contributed by atoms with Crippen LogP contribution in [0.1, 0.15) is 110 Å². The number of nitrogens with zero attached hydrogens (tertiary/aromatic N) is 3. The molecule has 0 amide bonds. The van der Waals surface area contributed by atoms with E-state index < -0.39 is 0 Å². The third-order valence-electron chi connectivity index (χ3n) is 7.38. The highest BCUT2D eigenvalue weighted by atomic mass is 127. The van der Waals surface area contributed by atoms with Gasteiger partial charge < -0.3 is 71.9 Å². The summed E-state index contributed by atoms with van der Waals surface area (Å²) in [6.07, 6.45) is 7.61. The fourth-order valence-electron chi connectivity index (χ4n) is 5.41. The third kappa shape index (κ3) is 16.6. The summed E-state index contributed by atoms with van der Waals surface area (Å²) in [5.74, 6) is 0. The number of pyridine rings is 3. The summed E-state index contributed by atoms with van der Waals surface area (Å²) in [6.45, 7) is 29.8. The molecule has 0 atom stereocenters. The van der Waals surface area contributed by atoms with Crippen LogP contribution >= 0.6 is 0 Å². The monoisotopic (exact) mass is 915 g/mol. The van der Waals surface area contributed by atoms with Crippen molar-refractivity contribution >= 4 is 0 Å². The highest BCUT2D eigenvalue weighted by Gasteiger charge is 2.11. The first-order valence-electron chi connectivity index (χ1n) is 15.4. The maximum atomic E-state index is 2.40. The molecule has 3 nitrogen and oxygen atoms in total. The molecule has 240 valence electrons. The van der Waals surface area contributed by atoms with Crippen LogP contribution in [0.2, 0.25) is 0 Å². The van der Waals surface area contributed by atoms with Crippen LogP contribution < -0.4 is 85.6 Å². The smallest absolute Gasteiger partial charge is 0.178 e. The third-order valence-corrected chi connectivity index (χ3v) is 7.38. The fraction of sp³-hybridized carbons (Fsp3) is 0.583. The van der Waals surface area contributed by atoms with Gasteiger partial charge in [-0.15, -0.1) is 0 Å². The summed E-state index contributed by atoms with van der Waals surface area (Å²) in [7, 11) is 0. The second-order valence-electron chi connectivity index (χ2n) is 11.5. The molecule has 0 aliphatic carbocycles. The number of unbranched alkanes of at least 4 members (excludes halogenated alkanes) is 3. The Morgan fingerprint density at radius 2 is 0.524 bits per heavy atom. The van der Waals surface area contributed by atoms with E-state index in [1.165, 1.54) is 89.4 Å². The summed E-state index contributed by atoms with van der Waals surface area (Å²) in [4.78, 5) is 0. The van der Waals surface area contributed by atoms with E-state index in [9.17, 15) is 0 Å². The molecule has 6 heteroatoms. The van der Waals surface area contributed by atoms with E-state index in [1.807, 2.05) is 0 Å². The largest absolute Gasteiger partial charge is 1.00 e. The van der Waals surface area contributed by atoms with E-state index in [0.29, 0.717) is 0 Å². The van der Waals surface area contributed by atoms with Crippen LogP contribution in [0.3, 0.4) is 0 Å². The van der Waals surface area contributed by atoms with Crippen molar-refractivity contribution in [3.63, 3.8) is 0 Å². The van der Waals surface area contributed by atoms with Crippen molar-refractivity contribution in [3.05, 3.63) is 87.3 Å². The average molecular weight is 916 g/mol. The van der Waals surface area contributed by atoms with Gasteiger partial charge in [0.15, 0.2) is 34.2 Å². The Balaban J connectivity index is -0.000000524. The second-order valence-corrected chi connectivity index (χ2v) is 11.5. The van der Waals surface area contributed by atoms with Crippen LogP contribution in [0.4, 0.5) is 0 Å². The minimum absolute atomic E-state index is 0. The Labute approximate surface area is 311 Å². The van der Waals surface area contributed by atoms with Gasteiger partial charge in [-0.25, -0.2) is 13.7 Å². The number of aryl methyl sites for hydroxylation is 9. The Morgan fingerprint density at radius 3 is 0.667 bits per heavy atom.